The van der Waals surface area contributed by atoms with Gasteiger partial charge in [-0.05, 0) is 25.7 Å². The molecule has 0 aromatic heterocycles. The summed E-state index contributed by atoms with van der Waals surface area (Å²) in [6.45, 7) is 8.19. The predicted molar refractivity (Wildman–Crippen MR) is 81.2 cm³/mol. The van der Waals surface area contributed by atoms with Crippen molar-refractivity contribution in [2.75, 3.05) is 0 Å². The molecule has 112 valence electrons. The minimum atomic E-state index is -0.743. The third-order valence-electron chi connectivity index (χ3n) is 3.50. The van der Waals surface area contributed by atoms with Gasteiger partial charge < -0.3 is 0 Å². The maximum absolute atomic E-state index is 9.48. The van der Waals surface area contributed by atoms with E-state index in [9.17, 15) is 10.5 Å². The summed E-state index contributed by atoms with van der Waals surface area (Å²) in [7, 11) is 0. The lowest BCUT2D eigenvalue weighted by molar-refractivity contribution is 0.375. The number of azo groups is 1. The van der Waals surface area contributed by atoms with Crippen molar-refractivity contribution in [3.63, 3.8) is 0 Å². The zero-order chi connectivity index (χ0) is 15.5. The lowest BCUT2D eigenvalue weighted by atomic mass is 9.90. The molecular formula is C16H28N4. The summed E-state index contributed by atoms with van der Waals surface area (Å²) >= 11 is 0. The van der Waals surface area contributed by atoms with Crippen LogP contribution >= 0.6 is 0 Å². The van der Waals surface area contributed by atoms with Crippen molar-refractivity contribution in [2.24, 2.45) is 10.2 Å². The Morgan fingerprint density at radius 3 is 1.05 bits per heavy atom. The second-order valence-electron chi connectivity index (χ2n) is 5.49. The van der Waals surface area contributed by atoms with Crippen LogP contribution in [0.4, 0.5) is 0 Å². The SMILES string of the molecule is CCCC(C#N)(CCC)N=NC(C#N)(CCC)CCC. The van der Waals surface area contributed by atoms with E-state index < -0.39 is 11.1 Å². The molecule has 0 aromatic carbocycles. The highest BCUT2D eigenvalue weighted by Crippen LogP contribution is 2.29. The van der Waals surface area contributed by atoms with Crippen LogP contribution in [0.2, 0.25) is 0 Å². The molecule has 0 atom stereocenters. The minimum Gasteiger partial charge on any atom is -0.196 e. The zero-order valence-corrected chi connectivity index (χ0v) is 13.4. The van der Waals surface area contributed by atoms with Crippen LogP contribution in [-0.2, 0) is 0 Å². The van der Waals surface area contributed by atoms with Crippen molar-refractivity contribution < 1.29 is 0 Å². The smallest absolute Gasteiger partial charge is 0.167 e. The highest BCUT2D eigenvalue weighted by Gasteiger charge is 2.32. The van der Waals surface area contributed by atoms with Gasteiger partial charge in [0.2, 0.25) is 0 Å². The summed E-state index contributed by atoms with van der Waals surface area (Å²) < 4.78 is 0. The highest BCUT2D eigenvalue weighted by atomic mass is 15.2. The van der Waals surface area contributed by atoms with Gasteiger partial charge in [-0.2, -0.15) is 20.8 Å². The molecule has 0 saturated heterocycles. The first-order valence-electron chi connectivity index (χ1n) is 7.84. The van der Waals surface area contributed by atoms with Crippen LogP contribution in [0.5, 0.6) is 0 Å². The molecule has 4 nitrogen and oxygen atoms in total. The topological polar surface area (TPSA) is 72.3 Å². The molecule has 0 aromatic rings. The molecule has 0 bridgehead atoms. The standard InChI is InChI=1S/C16H28N4/c1-5-9-15(13-17,10-6-2)19-20-16(14-18,11-7-3)12-8-4/h5-12H2,1-4H3. The molecule has 4 heteroatoms. The Labute approximate surface area is 123 Å². The van der Waals surface area contributed by atoms with Crippen LogP contribution in [0.1, 0.15) is 79.1 Å². The maximum Gasteiger partial charge on any atom is 0.167 e. The Balaban J connectivity index is 5.33. The lowest BCUT2D eigenvalue weighted by Crippen LogP contribution is -2.28. The van der Waals surface area contributed by atoms with Crippen LogP contribution in [-0.4, -0.2) is 11.1 Å². The second-order valence-corrected chi connectivity index (χ2v) is 5.49. The molecule has 0 fully saturated rings. The van der Waals surface area contributed by atoms with Gasteiger partial charge >= 0.3 is 0 Å². The van der Waals surface area contributed by atoms with Crippen molar-refractivity contribution in [2.45, 2.75) is 90.1 Å². The summed E-state index contributed by atoms with van der Waals surface area (Å²) in [6, 6.07) is 4.66. The van der Waals surface area contributed by atoms with Gasteiger partial charge in [-0.3, -0.25) is 0 Å². The number of nitriles is 2. The molecule has 0 aliphatic rings. The van der Waals surface area contributed by atoms with E-state index >= 15 is 0 Å². The predicted octanol–water partition coefficient (Wildman–Crippen LogP) is 5.16. The normalized spacial score (nSPS) is 12.3. The van der Waals surface area contributed by atoms with Crippen molar-refractivity contribution in [3.05, 3.63) is 0 Å². The van der Waals surface area contributed by atoms with E-state index in [4.69, 9.17) is 0 Å². The molecule has 0 spiro atoms. The largest absolute Gasteiger partial charge is 0.196 e. The first kappa shape index (κ1) is 18.6. The average Bonchev–Trinajstić information content (AvgIpc) is 2.45. The van der Waals surface area contributed by atoms with Crippen molar-refractivity contribution in [3.8, 4) is 12.1 Å². The van der Waals surface area contributed by atoms with Gasteiger partial charge in [0.25, 0.3) is 0 Å². The monoisotopic (exact) mass is 276 g/mol. The van der Waals surface area contributed by atoms with Crippen molar-refractivity contribution >= 4 is 0 Å². The van der Waals surface area contributed by atoms with E-state index in [0.29, 0.717) is 25.7 Å². The van der Waals surface area contributed by atoms with E-state index in [1.54, 1.807) is 0 Å². The molecule has 0 N–H and O–H groups in total. The average molecular weight is 276 g/mol. The number of hydrogen-bond donors (Lipinski definition) is 0. The fourth-order valence-corrected chi connectivity index (χ4v) is 2.56. The molecule has 0 rings (SSSR count). The fourth-order valence-electron chi connectivity index (χ4n) is 2.56. The summed E-state index contributed by atoms with van der Waals surface area (Å²) in [6.07, 6.45) is 6.42. The van der Waals surface area contributed by atoms with E-state index in [0.717, 1.165) is 25.7 Å². The van der Waals surface area contributed by atoms with Gasteiger partial charge in [-0.15, -0.1) is 0 Å². The van der Waals surface area contributed by atoms with Gasteiger partial charge in [0.15, 0.2) is 11.1 Å². The molecule has 0 aliphatic carbocycles. The van der Waals surface area contributed by atoms with E-state index in [-0.39, 0.29) is 0 Å². The summed E-state index contributed by atoms with van der Waals surface area (Å²) in [5.41, 5.74) is -1.49. The van der Waals surface area contributed by atoms with Gasteiger partial charge in [-0.1, -0.05) is 53.4 Å². The van der Waals surface area contributed by atoms with Gasteiger partial charge in [0.1, 0.15) is 0 Å². The molecular weight excluding hydrogens is 248 g/mol. The third-order valence-corrected chi connectivity index (χ3v) is 3.50. The number of nitrogens with zero attached hydrogens (tertiary/aromatic N) is 4. The van der Waals surface area contributed by atoms with Crippen LogP contribution in [0, 0.1) is 22.7 Å². The van der Waals surface area contributed by atoms with Crippen LogP contribution < -0.4 is 0 Å². The number of rotatable bonds is 10. The molecule has 20 heavy (non-hydrogen) atoms. The number of hydrogen-bond acceptors (Lipinski definition) is 4. The summed E-state index contributed by atoms with van der Waals surface area (Å²) in [4.78, 5) is 0. The Kier molecular flexibility index (Phi) is 8.81. The van der Waals surface area contributed by atoms with Gasteiger partial charge in [0.05, 0.1) is 12.1 Å². The first-order valence-corrected chi connectivity index (χ1v) is 7.84. The Morgan fingerprint density at radius 2 is 0.900 bits per heavy atom. The van der Waals surface area contributed by atoms with Crippen LogP contribution in [0.15, 0.2) is 10.2 Å². The van der Waals surface area contributed by atoms with Gasteiger partial charge in [0, 0.05) is 0 Å². The van der Waals surface area contributed by atoms with Crippen molar-refractivity contribution in [1.82, 2.24) is 0 Å². The molecule has 0 radical (unpaired) electrons. The Hall–Kier alpha value is -1.42. The molecule has 0 unspecified atom stereocenters. The van der Waals surface area contributed by atoms with E-state index in [1.165, 1.54) is 0 Å². The second kappa shape index (κ2) is 9.48. The lowest BCUT2D eigenvalue weighted by Gasteiger charge is -2.24. The highest BCUT2D eigenvalue weighted by molar-refractivity contribution is 5.10. The van der Waals surface area contributed by atoms with Crippen LogP contribution in [0.25, 0.3) is 0 Å². The maximum atomic E-state index is 9.48. The molecule has 0 aliphatic heterocycles. The van der Waals surface area contributed by atoms with E-state index in [1.807, 2.05) is 27.7 Å². The Bertz CT molecular complexity index is 325. The zero-order valence-electron chi connectivity index (χ0n) is 13.4. The minimum absolute atomic E-state index is 0.709. The molecule has 0 saturated carbocycles. The Morgan fingerprint density at radius 1 is 0.650 bits per heavy atom. The summed E-state index contributed by atoms with van der Waals surface area (Å²) in [5, 5.41) is 27.7. The summed E-state index contributed by atoms with van der Waals surface area (Å²) in [5.74, 6) is 0. The van der Waals surface area contributed by atoms with Crippen LogP contribution in [0.3, 0.4) is 0 Å². The van der Waals surface area contributed by atoms with Gasteiger partial charge in [-0.25, -0.2) is 0 Å². The van der Waals surface area contributed by atoms with E-state index in [2.05, 4.69) is 22.4 Å². The third kappa shape index (κ3) is 5.29. The quantitative estimate of drug-likeness (QED) is 0.517. The first-order chi connectivity index (χ1) is 9.57. The molecule has 0 heterocycles. The fraction of sp³-hybridized carbons (Fsp3) is 0.875. The van der Waals surface area contributed by atoms with Crippen molar-refractivity contribution in [1.29, 1.82) is 10.5 Å². The molecule has 0 amide bonds.